The Morgan fingerprint density at radius 2 is 1.73 bits per heavy atom. The second-order valence-corrected chi connectivity index (χ2v) is 6.82. The Morgan fingerprint density at radius 3 is 2.27 bits per heavy atom. The Morgan fingerprint density at radius 1 is 1.09 bits per heavy atom. The zero-order chi connectivity index (χ0) is 16.3. The maximum absolute atomic E-state index is 12.1. The number of carbonyl (C=O) groups excluding carboxylic acids is 1. The SMILES string of the molecule is CC1=CC(=NOS(=O)(=O)c2ccc(C(C)C)cc2)C=CC1=O. The third-order valence-corrected chi connectivity index (χ3v) is 4.36. The minimum atomic E-state index is -3.97. The van der Waals surface area contributed by atoms with E-state index in [9.17, 15) is 13.2 Å². The lowest BCUT2D eigenvalue weighted by molar-refractivity contribution is -0.111. The van der Waals surface area contributed by atoms with E-state index in [1.165, 1.54) is 30.4 Å². The first-order valence-electron chi connectivity index (χ1n) is 6.82. The first-order valence-corrected chi connectivity index (χ1v) is 8.23. The maximum atomic E-state index is 12.1. The predicted molar refractivity (Wildman–Crippen MR) is 84.1 cm³/mol. The highest BCUT2D eigenvalue weighted by molar-refractivity contribution is 7.86. The van der Waals surface area contributed by atoms with Gasteiger partial charge in [0.25, 0.3) is 0 Å². The van der Waals surface area contributed by atoms with E-state index in [4.69, 9.17) is 4.28 Å². The van der Waals surface area contributed by atoms with Crippen molar-refractivity contribution in [1.82, 2.24) is 0 Å². The van der Waals surface area contributed by atoms with Crippen molar-refractivity contribution in [2.45, 2.75) is 31.6 Å². The highest BCUT2D eigenvalue weighted by atomic mass is 32.2. The Bertz CT molecular complexity index is 769. The van der Waals surface area contributed by atoms with Gasteiger partial charge < -0.3 is 0 Å². The molecule has 6 heteroatoms. The first kappa shape index (κ1) is 16.2. The van der Waals surface area contributed by atoms with Crippen molar-refractivity contribution in [3.8, 4) is 0 Å². The van der Waals surface area contributed by atoms with E-state index in [0.717, 1.165) is 5.56 Å². The van der Waals surface area contributed by atoms with Crippen molar-refractivity contribution in [3.63, 3.8) is 0 Å². The van der Waals surface area contributed by atoms with E-state index in [1.54, 1.807) is 19.1 Å². The van der Waals surface area contributed by atoms with E-state index >= 15 is 0 Å². The predicted octanol–water partition coefficient (Wildman–Crippen LogP) is 2.96. The monoisotopic (exact) mass is 319 g/mol. The zero-order valence-electron chi connectivity index (χ0n) is 12.6. The second kappa shape index (κ2) is 6.27. The average molecular weight is 319 g/mol. The summed E-state index contributed by atoms with van der Waals surface area (Å²) >= 11 is 0. The summed E-state index contributed by atoms with van der Waals surface area (Å²) in [6.45, 7) is 5.68. The molecule has 1 aliphatic carbocycles. The molecule has 1 aliphatic rings. The van der Waals surface area contributed by atoms with Crippen LogP contribution in [0.3, 0.4) is 0 Å². The van der Waals surface area contributed by atoms with Gasteiger partial charge in [0.1, 0.15) is 10.6 Å². The molecule has 0 N–H and O–H groups in total. The first-order chi connectivity index (χ1) is 10.3. The number of rotatable bonds is 4. The molecule has 2 rings (SSSR count). The van der Waals surface area contributed by atoms with Crippen molar-refractivity contribution in [1.29, 1.82) is 0 Å². The molecule has 0 bridgehead atoms. The molecule has 0 aliphatic heterocycles. The van der Waals surface area contributed by atoms with Gasteiger partial charge in [0.2, 0.25) is 0 Å². The van der Waals surface area contributed by atoms with Crippen molar-refractivity contribution in [3.05, 3.63) is 53.6 Å². The van der Waals surface area contributed by atoms with Gasteiger partial charge in [0.05, 0.1) is 0 Å². The molecule has 0 heterocycles. The van der Waals surface area contributed by atoms with Crippen LogP contribution in [-0.2, 0) is 19.2 Å². The van der Waals surface area contributed by atoms with Gasteiger partial charge in [-0.3, -0.25) is 9.08 Å². The van der Waals surface area contributed by atoms with E-state index in [1.807, 2.05) is 13.8 Å². The van der Waals surface area contributed by atoms with Gasteiger partial charge in [0.15, 0.2) is 5.78 Å². The highest BCUT2D eigenvalue weighted by Gasteiger charge is 2.17. The molecule has 116 valence electrons. The zero-order valence-corrected chi connectivity index (χ0v) is 13.4. The summed E-state index contributed by atoms with van der Waals surface area (Å²) in [5.41, 5.74) is 1.79. The summed E-state index contributed by atoms with van der Waals surface area (Å²) in [7, 11) is -3.97. The summed E-state index contributed by atoms with van der Waals surface area (Å²) in [6.07, 6.45) is 4.20. The quantitative estimate of drug-likeness (QED) is 0.632. The smallest absolute Gasteiger partial charge is 0.290 e. The molecular formula is C16H17NO4S. The van der Waals surface area contributed by atoms with E-state index in [2.05, 4.69) is 5.16 Å². The minimum Gasteiger partial charge on any atom is -0.290 e. The third-order valence-electron chi connectivity index (χ3n) is 3.23. The molecule has 0 saturated carbocycles. The number of nitrogens with zero attached hydrogens (tertiary/aromatic N) is 1. The number of benzene rings is 1. The summed E-state index contributed by atoms with van der Waals surface area (Å²) < 4.78 is 28.8. The summed E-state index contributed by atoms with van der Waals surface area (Å²) in [5.74, 6) is 0.182. The number of hydrogen-bond donors (Lipinski definition) is 0. The lowest BCUT2D eigenvalue weighted by Gasteiger charge is -2.07. The lowest BCUT2D eigenvalue weighted by atomic mass is 10.0. The fourth-order valence-electron chi connectivity index (χ4n) is 1.84. The van der Waals surface area contributed by atoms with Crippen LogP contribution in [0.2, 0.25) is 0 Å². The largest absolute Gasteiger partial charge is 0.358 e. The maximum Gasteiger partial charge on any atom is 0.358 e. The van der Waals surface area contributed by atoms with Crippen LogP contribution in [0, 0.1) is 0 Å². The topological polar surface area (TPSA) is 72.8 Å². The van der Waals surface area contributed by atoms with Crippen LogP contribution in [-0.4, -0.2) is 19.9 Å². The highest BCUT2D eigenvalue weighted by Crippen LogP contribution is 2.19. The molecule has 0 saturated heterocycles. The van der Waals surface area contributed by atoms with Crippen LogP contribution in [0.25, 0.3) is 0 Å². The Labute approximate surface area is 130 Å². The van der Waals surface area contributed by atoms with E-state index in [-0.39, 0.29) is 16.4 Å². The molecular weight excluding hydrogens is 302 g/mol. The summed E-state index contributed by atoms with van der Waals surface area (Å²) in [4.78, 5) is 11.3. The number of ketones is 1. The van der Waals surface area contributed by atoms with Crippen LogP contribution in [0.4, 0.5) is 0 Å². The van der Waals surface area contributed by atoms with Crippen molar-refractivity contribution in [2.75, 3.05) is 0 Å². The molecule has 5 nitrogen and oxygen atoms in total. The second-order valence-electron chi connectivity index (χ2n) is 5.29. The number of oxime groups is 1. The summed E-state index contributed by atoms with van der Waals surface area (Å²) in [5, 5.41) is 3.59. The average Bonchev–Trinajstić information content (AvgIpc) is 2.48. The Kier molecular flexibility index (Phi) is 4.61. The van der Waals surface area contributed by atoms with Crippen LogP contribution >= 0.6 is 0 Å². The Hall–Kier alpha value is -2.21. The number of carbonyl (C=O) groups is 1. The normalized spacial score (nSPS) is 17.0. The fraction of sp³-hybridized carbons (Fsp3) is 0.250. The van der Waals surface area contributed by atoms with Crippen LogP contribution in [0.1, 0.15) is 32.3 Å². The fourth-order valence-corrected chi connectivity index (χ4v) is 2.58. The van der Waals surface area contributed by atoms with Crippen LogP contribution in [0.5, 0.6) is 0 Å². The van der Waals surface area contributed by atoms with E-state index in [0.29, 0.717) is 11.5 Å². The minimum absolute atomic E-state index is 0.0396. The molecule has 1 aromatic rings. The molecule has 0 amide bonds. The van der Waals surface area contributed by atoms with Gasteiger partial charge in [-0.15, -0.1) is 0 Å². The third kappa shape index (κ3) is 3.71. The standard InChI is InChI=1S/C16H17NO4S/c1-11(2)13-4-7-15(8-5-13)22(19,20)21-17-14-6-9-16(18)12(3)10-14/h4-11H,1-3H3. The molecule has 0 aromatic heterocycles. The van der Waals surface area contributed by atoms with Gasteiger partial charge in [-0.25, -0.2) is 0 Å². The van der Waals surface area contributed by atoms with Crippen molar-refractivity contribution >= 4 is 21.6 Å². The van der Waals surface area contributed by atoms with Crippen LogP contribution < -0.4 is 0 Å². The lowest BCUT2D eigenvalue weighted by Crippen LogP contribution is -2.08. The van der Waals surface area contributed by atoms with Gasteiger partial charge >= 0.3 is 10.1 Å². The summed E-state index contributed by atoms with van der Waals surface area (Å²) in [6, 6.07) is 6.48. The van der Waals surface area contributed by atoms with Crippen molar-refractivity contribution < 1.29 is 17.5 Å². The molecule has 0 radical (unpaired) electrons. The Balaban J connectivity index is 2.18. The molecule has 1 aromatic carbocycles. The molecule has 0 spiro atoms. The van der Waals surface area contributed by atoms with Crippen LogP contribution in [0.15, 0.2) is 58.1 Å². The molecule has 0 unspecified atom stereocenters. The van der Waals surface area contributed by atoms with Gasteiger partial charge in [0, 0.05) is 0 Å². The van der Waals surface area contributed by atoms with E-state index < -0.39 is 10.1 Å². The molecule has 0 atom stereocenters. The van der Waals surface area contributed by atoms with Gasteiger partial charge in [-0.2, -0.15) is 8.42 Å². The number of allylic oxidation sites excluding steroid dienone is 4. The van der Waals surface area contributed by atoms with Gasteiger partial charge in [-0.1, -0.05) is 31.1 Å². The van der Waals surface area contributed by atoms with Gasteiger partial charge in [-0.05, 0) is 54.3 Å². The van der Waals surface area contributed by atoms with Crippen molar-refractivity contribution in [2.24, 2.45) is 5.16 Å². The number of hydrogen-bond acceptors (Lipinski definition) is 5. The molecule has 22 heavy (non-hydrogen) atoms. The molecule has 0 fully saturated rings.